The van der Waals surface area contributed by atoms with Crippen molar-refractivity contribution in [3.63, 3.8) is 0 Å². The Balaban J connectivity index is 1.77. The molecule has 0 spiro atoms. The molecule has 0 radical (unpaired) electrons. The van der Waals surface area contributed by atoms with Crippen LogP contribution in [0.5, 0.6) is 0 Å². The number of guanidine groups is 1. The van der Waals surface area contributed by atoms with Crippen LogP contribution in [0.25, 0.3) is 0 Å². The molecule has 0 aromatic heterocycles. The summed E-state index contributed by atoms with van der Waals surface area (Å²) >= 11 is 0. The lowest BCUT2D eigenvalue weighted by Crippen LogP contribution is -2.43. The number of aliphatic imine (C=N–C) groups is 1. The number of aryl methyl sites for hydroxylation is 1. The molecule has 2 aromatic rings. The van der Waals surface area contributed by atoms with Gasteiger partial charge in [-0.3, -0.25) is 19.9 Å². The van der Waals surface area contributed by atoms with Gasteiger partial charge in [-0.05, 0) is 73.1 Å². The average Bonchev–Trinajstić information content (AvgIpc) is 2.80. The highest BCUT2D eigenvalue weighted by molar-refractivity contribution is 6.06. The maximum Gasteiger partial charge on any atom is 0.257 e. The zero-order chi connectivity index (χ0) is 24.7. The van der Waals surface area contributed by atoms with Crippen molar-refractivity contribution < 1.29 is 9.59 Å². The summed E-state index contributed by atoms with van der Waals surface area (Å²) in [5.74, 6) is 1.03. The molecule has 0 saturated carbocycles. The van der Waals surface area contributed by atoms with Crippen LogP contribution in [0.3, 0.4) is 0 Å². The number of nitrogens with zero attached hydrogens (tertiary/aromatic N) is 1. The molecule has 34 heavy (non-hydrogen) atoms. The Labute approximate surface area is 202 Å². The Morgan fingerprint density at radius 3 is 2.53 bits per heavy atom. The molecule has 182 valence electrons. The van der Waals surface area contributed by atoms with E-state index in [0.29, 0.717) is 29.5 Å². The van der Waals surface area contributed by atoms with Crippen LogP contribution in [-0.4, -0.2) is 37.4 Å². The Morgan fingerprint density at radius 1 is 1.06 bits per heavy atom. The highest BCUT2D eigenvalue weighted by Crippen LogP contribution is 2.29. The van der Waals surface area contributed by atoms with Crippen LogP contribution in [0, 0.1) is 12.8 Å². The minimum atomic E-state index is -0.183. The molecule has 1 heterocycles. The van der Waals surface area contributed by atoms with Crippen molar-refractivity contribution in [3.8, 4) is 0 Å². The number of amides is 2. The van der Waals surface area contributed by atoms with Crippen molar-refractivity contribution in [3.05, 3.63) is 58.7 Å². The smallest absolute Gasteiger partial charge is 0.257 e. The Morgan fingerprint density at radius 2 is 1.85 bits per heavy atom. The van der Waals surface area contributed by atoms with Crippen molar-refractivity contribution in [2.45, 2.75) is 53.4 Å². The van der Waals surface area contributed by atoms with E-state index in [1.807, 2.05) is 37.3 Å². The Bertz CT molecular complexity index is 1060. The second kappa shape index (κ2) is 11.7. The largest absolute Gasteiger partial charge is 0.356 e. The maximum absolute atomic E-state index is 12.7. The fourth-order valence-electron chi connectivity index (χ4n) is 3.76. The minimum Gasteiger partial charge on any atom is -0.356 e. The molecule has 1 aliphatic heterocycles. The second-order valence-electron chi connectivity index (χ2n) is 9.51. The molecule has 0 unspecified atom stereocenters. The zero-order valence-electron chi connectivity index (χ0n) is 20.9. The standard InChI is InChI=1S/C27H37N5O2/c1-17(2)11-14-28-26(34)23-16-21(9-7-19(23)5)31-24-10-8-20(15-22(24)18(3)4)25(33)32-27-29-12-6-13-30-27/h7-10,15-18,31H,6,11-14H2,1-5H3,(H,28,34)(H2,29,30,32,33). The quantitative estimate of drug-likeness (QED) is 0.456. The lowest BCUT2D eigenvalue weighted by Gasteiger charge is -2.18. The first-order valence-electron chi connectivity index (χ1n) is 12.1. The van der Waals surface area contributed by atoms with Crippen LogP contribution in [0.2, 0.25) is 0 Å². The summed E-state index contributed by atoms with van der Waals surface area (Å²) in [6.45, 7) is 12.6. The molecule has 2 amide bonds. The Hall–Kier alpha value is -3.35. The van der Waals surface area contributed by atoms with E-state index >= 15 is 0 Å². The van der Waals surface area contributed by atoms with Crippen LogP contribution in [0.4, 0.5) is 11.4 Å². The SMILES string of the molecule is Cc1ccc(Nc2ccc(C(=O)NC3=NCCCN3)cc2C(C)C)cc1C(=O)NCCC(C)C. The summed E-state index contributed by atoms with van der Waals surface area (Å²) in [5.41, 5.74) is 4.95. The monoisotopic (exact) mass is 463 g/mol. The van der Waals surface area contributed by atoms with E-state index in [1.54, 1.807) is 6.07 Å². The number of rotatable bonds is 8. The van der Waals surface area contributed by atoms with Gasteiger partial charge in [-0.1, -0.05) is 33.8 Å². The minimum absolute atomic E-state index is 0.0582. The van der Waals surface area contributed by atoms with Gasteiger partial charge in [-0.15, -0.1) is 0 Å². The van der Waals surface area contributed by atoms with Crippen LogP contribution in [0.15, 0.2) is 41.4 Å². The molecule has 3 rings (SSSR count). The number of hydrogen-bond acceptors (Lipinski definition) is 5. The molecule has 0 fully saturated rings. The second-order valence-corrected chi connectivity index (χ2v) is 9.51. The van der Waals surface area contributed by atoms with Gasteiger partial charge < -0.3 is 16.0 Å². The van der Waals surface area contributed by atoms with Gasteiger partial charge in [0.25, 0.3) is 11.8 Å². The van der Waals surface area contributed by atoms with Gasteiger partial charge in [-0.2, -0.15) is 0 Å². The van der Waals surface area contributed by atoms with Crippen LogP contribution in [-0.2, 0) is 0 Å². The van der Waals surface area contributed by atoms with Crippen molar-refractivity contribution in [2.24, 2.45) is 10.9 Å². The molecule has 7 heteroatoms. The number of nitrogens with one attached hydrogen (secondary N) is 4. The fraction of sp³-hybridized carbons (Fsp3) is 0.444. The van der Waals surface area contributed by atoms with Gasteiger partial charge in [0.15, 0.2) is 5.96 Å². The molecule has 4 N–H and O–H groups in total. The molecule has 0 bridgehead atoms. The van der Waals surface area contributed by atoms with Crippen LogP contribution < -0.4 is 21.3 Å². The predicted molar refractivity (Wildman–Crippen MR) is 139 cm³/mol. The summed E-state index contributed by atoms with van der Waals surface area (Å²) in [6.07, 6.45) is 1.92. The predicted octanol–water partition coefficient (Wildman–Crippen LogP) is 4.72. The Kier molecular flexibility index (Phi) is 8.68. The number of carbonyl (C=O) groups excluding carboxylic acids is 2. The number of hydrogen-bond donors (Lipinski definition) is 4. The summed E-state index contributed by atoms with van der Waals surface area (Å²) in [4.78, 5) is 29.8. The molecule has 1 aliphatic rings. The lowest BCUT2D eigenvalue weighted by atomic mass is 9.97. The van der Waals surface area contributed by atoms with Crippen molar-refractivity contribution in [1.29, 1.82) is 0 Å². The first-order chi connectivity index (χ1) is 16.2. The number of benzene rings is 2. The molecule has 2 aromatic carbocycles. The van der Waals surface area contributed by atoms with E-state index in [9.17, 15) is 9.59 Å². The third kappa shape index (κ3) is 6.83. The van der Waals surface area contributed by atoms with Crippen LogP contribution >= 0.6 is 0 Å². The van der Waals surface area contributed by atoms with Crippen molar-refractivity contribution >= 4 is 29.1 Å². The lowest BCUT2D eigenvalue weighted by molar-refractivity contribution is 0.0948. The van der Waals surface area contributed by atoms with Gasteiger partial charge in [0.05, 0.1) is 0 Å². The topological polar surface area (TPSA) is 94.6 Å². The maximum atomic E-state index is 12.7. The van der Waals surface area contributed by atoms with Gasteiger partial charge in [0, 0.05) is 42.1 Å². The van der Waals surface area contributed by atoms with Crippen LogP contribution in [0.1, 0.15) is 78.3 Å². The third-order valence-electron chi connectivity index (χ3n) is 5.83. The van der Waals surface area contributed by atoms with E-state index in [-0.39, 0.29) is 17.7 Å². The van der Waals surface area contributed by atoms with E-state index in [1.165, 1.54) is 0 Å². The molecule has 0 atom stereocenters. The molecular weight excluding hydrogens is 426 g/mol. The highest BCUT2D eigenvalue weighted by Gasteiger charge is 2.16. The summed E-state index contributed by atoms with van der Waals surface area (Å²) in [6, 6.07) is 11.5. The normalized spacial score (nSPS) is 13.3. The van der Waals surface area contributed by atoms with E-state index < -0.39 is 0 Å². The first kappa shape index (κ1) is 25.3. The van der Waals surface area contributed by atoms with Crippen molar-refractivity contribution in [2.75, 3.05) is 25.0 Å². The molecule has 0 aliphatic carbocycles. The van der Waals surface area contributed by atoms with Gasteiger partial charge in [-0.25, -0.2) is 0 Å². The summed E-state index contributed by atoms with van der Waals surface area (Å²) in [7, 11) is 0. The number of anilines is 2. The fourth-order valence-corrected chi connectivity index (χ4v) is 3.76. The van der Waals surface area contributed by atoms with E-state index in [4.69, 9.17) is 0 Å². The third-order valence-corrected chi connectivity index (χ3v) is 5.83. The van der Waals surface area contributed by atoms with E-state index in [2.05, 4.69) is 54.0 Å². The van der Waals surface area contributed by atoms with Gasteiger partial charge in [0.2, 0.25) is 0 Å². The molecular formula is C27H37N5O2. The summed E-state index contributed by atoms with van der Waals surface area (Å²) in [5, 5.41) is 12.4. The summed E-state index contributed by atoms with van der Waals surface area (Å²) < 4.78 is 0. The van der Waals surface area contributed by atoms with Gasteiger partial charge >= 0.3 is 0 Å². The average molecular weight is 464 g/mol. The van der Waals surface area contributed by atoms with Gasteiger partial charge in [0.1, 0.15) is 0 Å². The molecule has 0 saturated heterocycles. The molecule has 7 nitrogen and oxygen atoms in total. The van der Waals surface area contributed by atoms with Crippen molar-refractivity contribution in [1.82, 2.24) is 16.0 Å². The zero-order valence-corrected chi connectivity index (χ0v) is 20.9. The number of carbonyl (C=O) groups is 2. The first-order valence-corrected chi connectivity index (χ1v) is 12.1. The highest BCUT2D eigenvalue weighted by atomic mass is 16.2. The van der Waals surface area contributed by atoms with E-state index in [0.717, 1.165) is 48.4 Å².